The Morgan fingerprint density at radius 3 is 2.61 bits per heavy atom. The molecule has 1 amide bonds. The van der Waals surface area contributed by atoms with Crippen molar-refractivity contribution in [1.82, 2.24) is 10.3 Å². The van der Waals surface area contributed by atoms with Crippen molar-refractivity contribution in [2.75, 3.05) is 0 Å². The first-order valence-electron chi connectivity index (χ1n) is 7.54. The lowest BCUT2D eigenvalue weighted by Gasteiger charge is -2.30. The molecule has 5 heteroatoms. The van der Waals surface area contributed by atoms with Gasteiger partial charge in [0.05, 0.1) is 12.1 Å². The zero-order chi connectivity index (χ0) is 16.0. The molecule has 2 heterocycles. The molecule has 2 aromatic carbocycles. The predicted octanol–water partition coefficient (Wildman–Crippen LogP) is 3.02. The van der Waals surface area contributed by atoms with Crippen LogP contribution in [0.1, 0.15) is 22.9 Å². The minimum Gasteiger partial charge on any atom is -0.368 e. The summed E-state index contributed by atoms with van der Waals surface area (Å²) < 4.78 is 1.03. The number of nitrogens with one attached hydrogen (secondary N) is 2. The normalized spacial score (nSPS) is 20.4. The van der Waals surface area contributed by atoms with Crippen LogP contribution in [0.5, 0.6) is 0 Å². The first kappa shape index (κ1) is 14.5. The second-order valence-corrected chi connectivity index (χ2v) is 6.79. The molecular weight excluding hydrogens is 354 g/mol. The van der Waals surface area contributed by atoms with E-state index >= 15 is 0 Å². The fourth-order valence-corrected chi connectivity index (χ4v) is 3.60. The summed E-state index contributed by atoms with van der Waals surface area (Å²) in [5, 5.41) is 4.55. The van der Waals surface area contributed by atoms with Crippen LogP contribution in [0.25, 0.3) is 10.9 Å². The largest absolute Gasteiger partial charge is 0.368 e. The van der Waals surface area contributed by atoms with E-state index < -0.39 is 0 Å². The summed E-state index contributed by atoms with van der Waals surface area (Å²) in [5.74, 6) is -0.317. The number of aromatic nitrogens is 1. The van der Waals surface area contributed by atoms with E-state index in [1.807, 2.05) is 24.3 Å². The van der Waals surface area contributed by atoms with E-state index in [1.165, 1.54) is 5.56 Å². The van der Waals surface area contributed by atoms with E-state index in [2.05, 4.69) is 50.5 Å². The highest BCUT2D eigenvalue weighted by Crippen LogP contribution is 2.35. The topological polar surface area (TPSA) is 70.9 Å². The maximum Gasteiger partial charge on any atom is 0.234 e. The van der Waals surface area contributed by atoms with Gasteiger partial charge in [-0.15, -0.1) is 0 Å². The molecule has 1 aliphatic rings. The average Bonchev–Trinajstić information content (AvgIpc) is 2.93. The lowest BCUT2D eigenvalue weighted by atomic mass is 9.90. The fourth-order valence-electron chi connectivity index (χ4n) is 3.34. The van der Waals surface area contributed by atoms with Crippen molar-refractivity contribution in [3.63, 3.8) is 0 Å². The first-order chi connectivity index (χ1) is 11.1. The number of nitrogens with two attached hydrogens (primary N) is 1. The molecule has 0 fully saturated rings. The molecule has 23 heavy (non-hydrogen) atoms. The molecule has 4 nitrogen and oxygen atoms in total. The molecule has 116 valence electrons. The van der Waals surface area contributed by atoms with Gasteiger partial charge in [-0.3, -0.25) is 10.1 Å². The van der Waals surface area contributed by atoms with E-state index in [9.17, 15) is 4.79 Å². The highest BCUT2D eigenvalue weighted by Gasteiger charge is 2.32. The Bertz CT molecular complexity index is 885. The second kappa shape index (κ2) is 5.51. The lowest BCUT2D eigenvalue weighted by molar-refractivity contribution is -0.120. The van der Waals surface area contributed by atoms with Crippen LogP contribution in [-0.4, -0.2) is 16.9 Å². The molecule has 2 atom stereocenters. The maximum absolute atomic E-state index is 11.8. The van der Waals surface area contributed by atoms with Gasteiger partial charge in [-0.1, -0.05) is 46.3 Å². The van der Waals surface area contributed by atoms with Crippen LogP contribution in [-0.2, 0) is 11.2 Å². The Labute approximate surface area is 142 Å². The number of hydrogen-bond acceptors (Lipinski definition) is 2. The molecule has 4 N–H and O–H groups in total. The highest BCUT2D eigenvalue weighted by molar-refractivity contribution is 9.10. The van der Waals surface area contributed by atoms with Gasteiger partial charge in [-0.05, 0) is 35.7 Å². The van der Waals surface area contributed by atoms with Gasteiger partial charge < -0.3 is 10.7 Å². The number of fused-ring (bicyclic) bond motifs is 3. The Hall–Kier alpha value is -2.11. The minimum absolute atomic E-state index is 0.0725. The molecule has 4 rings (SSSR count). The van der Waals surface area contributed by atoms with Gasteiger partial charge in [0.1, 0.15) is 0 Å². The van der Waals surface area contributed by atoms with Crippen molar-refractivity contribution < 1.29 is 4.79 Å². The zero-order valence-corrected chi connectivity index (χ0v) is 13.9. The lowest BCUT2D eigenvalue weighted by Crippen LogP contribution is -2.48. The minimum atomic E-state index is -0.365. The van der Waals surface area contributed by atoms with Crippen LogP contribution in [0.15, 0.2) is 53.0 Å². The Kier molecular flexibility index (Phi) is 3.47. The maximum atomic E-state index is 11.8. The van der Waals surface area contributed by atoms with Crippen LogP contribution in [0.4, 0.5) is 0 Å². The zero-order valence-electron chi connectivity index (χ0n) is 12.3. The van der Waals surface area contributed by atoms with E-state index in [1.54, 1.807) is 0 Å². The van der Waals surface area contributed by atoms with Crippen molar-refractivity contribution >= 4 is 32.7 Å². The van der Waals surface area contributed by atoms with Crippen LogP contribution in [0.3, 0.4) is 0 Å². The summed E-state index contributed by atoms with van der Waals surface area (Å²) in [5.41, 5.74) is 10.1. The van der Waals surface area contributed by atoms with Crippen molar-refractivity contribution in [1.29, 1.82) is 0 Å². The summed E-state index contributed by atoms with van der Waals surface area (Å²) in [7, 11) is 0. The number of halogens is 1. The van der Waals surface area contributed by atoms with Crippen molar-refractivity contribution in [2.24, 2.45) is 5.73 Å². The number of carbonyl (C=O) groups excluding carboxylic acids is 1. The number of carbonyl (C=O) groups is 1. The predicted molar refractivity (Wildman–Crippen MR) is 94.1 cm³/mol. The summed E-state index contributed by atoms with van der Waals surface area (Å²) >= 11 is 3.46. The van der Waals surface area contributed by atoms with Gasteiger partial charge >= 0.3 is 0 Å². The van der Waals surface area contributed by atoms with Gasteiger partial charge in [0.2, 0.25) is 5.91 Å². The number of primary amides is 1. The Morgan fingerprint density at radius 1 is 1.13 bits per heavy atom. The average molecular weight is 370 g/mol. The van der Waals surface area contributed by atoms with E-state index in [0.29, 0.717) is 6.42 Å². The van der Waals surface area contributed by atoms with Gasteiger partial charge in [0.15, 0.2) is 0 Å². The molecule has 0 saturated heterocycles. The molecule has 0 unspecified atom stereocenters. The van der Waals surface area contributed by atoms with Crippen molar-refractivity contribution in [3.8, 4) is 0 Å². The molecule has 3 aromatic rings. The van der Waals surface area contributed by atoms with Crippen LogP contribution < -0.4 is 11.1 Å². The van der Waals surface area contributed by atoms with Gasteiger partial charge in [0.25, 0.3) is 0 Å². The summed E-state index contributed by atoms with van der Waals surface area (Å²) in [6, 6.07) is 15.9. The number of para-hydroxylation sites is 1. The standard InChI is InChI=1S/C18H16BrN3O/c19-11-7-5-10(6-8-11)16-17-13(9-15(22-16)18(20)23)12-3-1-2-4-14(12)21-17/h1-8,15-16,21-22H,9H2,(H2,20,23)/t15-,16+/m1/s1. The van der Waals surface area contributed by atoms with Gasteiger partial charge in [0, 0.05) is 21.1 Å². The first-order valence-corrected chi connectivity index (χ1v) is 8.33. The molecule has 1 aromatic heterocycles. The highest BCUT2D eigenvalue weighted by atomic mass is 79.9. The van der Waals surface area contributed by atoms with E-state index in [4.69, 9.17) is 5.73 Å². The Balaban J connectivity index is 1.89. The van der Waals surface area contributed by atoms with Crippen LogP contribution >= 0.6 is 15.9 Å². The third-order valence-corrected chi connectivity index (χ3v) is 4.99. The third-order valence-electron chi connectivity index (χ3n) is 4.46. The number of rotatable bonds is 2. The number of benzene rings is 2. The number of aromatic amines is 1. The van der Waals surface area contributed by atoms with E-state index in [0.717, 1.165) is 26.6 Å². The third kappa shape index (κ3) is 2.46. The van der Waals surface area contributed by atoms with Crippen molar-refractivity contribution in [2.45, 2.75) is 18.5 Å². The van der Waals surface area contributed by atoms with Crippen LogP contribution in [0.2, 0.25) is 0 Å². The summed E-state index contributed by atoms with van der Waals surface area (Å²) in [6.45, 7) is 0. The van der Waals surface area contributed by atoms with Gasteiger partial charge in [-0.25, -0.2) is 0 Å². The Morgan fingerprint density at radius 2 is 1.87 bits per heavy atom. The quantitative estimate of drug-likeness (QED) is 0.649. The molecule has 0 saturated carbocycles. The van der Waals surface area contributed by atoms with Crippen molar-refractivity contribution in [3.05, 3.63) is 69.8 Å². The fraction of sp³-hybridized carbons (Fsp3) is 0.167. The molecule has 0 aliphatic carbocycles. The van der Waals surface area contributed by atoms with Crippen LogP contribution in [0, 0.1) is 0 Å². The second-order valence-electron chi connectivity index (χ2n) is 5.87. The molecule has 1 aliphatic heterocycles. The number of H-pyrrole nitrogens is 1. The molecule has 0 spiro atoms. The van der Waals surface area contributed by atoms with E-state index in [-0.39, 0.29) is 18.0 Å². The SMILES string of the molecule is NC(=O)[C@H]1Cc2c([nH]c3ccccc23)[C@H](c2ccc(Br)cc2)N1. The number of amides is 1. The summed E-state index contributed by atoms with van der Waals surface area (Å²) in [6.07, 6.45) is 0.613. The molecule has 0 radical (unpaired) electrons. The monoisotopic (exact) mass is 369 g/mol. The molecule has 0 bridgehead atoms. The van der Waals surface area contributed by atoms with Gasteiger partial charge in [-0.2, -0.15) is 0 Å². The number of hydrogen-bond donors (Lipinski definition) is 3. The smallest absolute Gasteiger partial charge is 0.234 e. The summed E-state index contributed by atoms with van der Waals surface area (Å²) in [4.78, 5) is 15.3. The molecular formula is C18H16BrN3O.